The summed E-state index contributed by atoms with van der Waals surface area (Å²) in [6.07, 6.45) is 0.0404. The van der Waals surface area contributed by atoms with Crippen LogP contribution in [0, 0.1) is 0 Å². The minimum absolute atomic E-state index is 0.0202. The van der Waals surface area contributed by atoms with E-state index in [0.29, 0.717) is 36.0 Å². The number of rotatable bonds is 4. The highest BCUT2D eigenvalue weighted by molar-refractivity contribution is 6.01. The standard InChI is InChI=1S/C18H24N2O5/c1-10-8-20(9-11(2)25-10)18(21)14-6-12-13(19-14)7-15(22-3)17(24-5)16(12)23-4/h6-7,10-11,19H,8-9H2,1-5H3/t10-,11+. The van der Waals surface area contributed by atoms with Crippen molar-refractivity contribution in [3.8, 4) is 17.2 Å². The topological polar surface area (TPSA) is 73.0 Å². The lowest BCUT2D eigenvalue weighted by Gasteiger charge is -2.35. The van der Waals surface area contributed by atoms with Gasteiger partial charge in [0.25, 0.3) is 5.91 Å². The molecule has 0 spiro atoms. The quantitative estimate of drug-likeness (QED) is 0.919. The van der Waals surface area contributed by atoms with E-state index >= 15 is 0 Å². The molecule has 1 fully saturated rings. The van der Waals surface area contributed by atoms with E-state index in [0.717, 1.165) is 10.9 Å². The van der Waals surface area contributed by atoms with Crippen LogP contribution < -0.4 is 14.2 Å². The Morgan fingerprint density at radius 2 is 1.72 bits per heavy atom. The second kappa shape index (κ2) is 6.84. The fraction of sp³-hybridized carbons (Fsp3) is 0.500. The Bertz CT molecular complexity index is 775. The van der Waals surface area contributed by atoms with Crippen LogP contribution in [0.3, 0.4) is 0 Å². The van der Waals surface area contributed by atoms with E-state index in [2.05, 4.69) is 4.98 Å². The minimum Gasteiger partial charge on any atom is -0.493 e. The van der Waals surface area contributed by atoms with Gasteiger partial charge >= 0.3 is 0 Å². The summed E-state index contributed by atoms with van der Waals surface area (Å²) in [5.41, 5.74) is 1.26. The number of nitrogens with one attached hydrogen (secondary N) is 1. The molecule has 1 N–H and O–H groups in total. The largest absolute Gasteiger partial charge is 0.493 e. The maximum absolute atomic E-state index is 12.9. The Balaban J connectivity index is 2.02. The number of H-pyrrole nitrogens is 1. The lowest BCUT2D eigenvalue weighted by Crippen LogP contribution is -2.48. The van der Waals surface area contributed by atoms with Gasteiger partial charge in [0.2, 0.25) is 5.75 Å². The molecule has 1 saturated heterocycles. The number of morpholine rings is 1. The first-order valence-electron chi connectivity index (χ1n) is 8.24. The number of carbonyl (C=O) groups is 1. The van der Waals surface area contributed by atoms with Crippen LogP contribution in [0.1, 0.15) is 24.3 Å². The smallest absolute Gasteiger partial charge is 0.270 e. The van der Waals surface area contributed by atoms with E-state index in [1.807, 2.05) is 18.7 Å². The molecule has 2 atom stereocenters. The van der Waals surface area contributed by atoms with Gasteiger partial charge in [-0.2, -0.15) is 0 Å². The maximum Gasteiger partial charge on any atom is 0.270 e. The van der Waals surface area contributed by atoms with Crippen LogP contribution in [-0.2, 0) is 4.74 Å². The molecule has 1 aromatic carbocycles. The Morgan fingerprint density at radius 3 is 2.28 bits per heavy atom. The van der Waals surface area contributed by atoms with Gasteiger partial charge in [-0.1, -0.05) is 0 Å². The molecular formula is C18H24N2O5. The number of aromatic amines is 1. The Labute approximate surface area is 146 Å². The molecule has 1 aromatic heterocycles. The Hall–Kier alpha value is -2.41. The number of carbonyl (C=O) groups excluding carboxylic acids is 1. The molecule has 0 radical (unpaired) electrons. The van der Waals surface area contributed by atoms with Crippen molar-refractivity contribution in [2.24, 2.45) is 0 Å². The lowest BCUT2D eigenvalue weighted by atomic mass is 10.2. The van der Waals surface area contributed by atoms with Crippen LogP contribution in [0.15, 0.2) is 12.1 Å². The summed E-state index contributed by atoms with van der Waals surface area (Å²) in [6, 6.07) is 3.60. The van der Waals surface area contributed by atoms with Gasteiger partial charge in [0, 0.05) is 24.5 Å². The number of fused-ring (bicyclic) bond motifs is 1. The van der Waals surface area contributed by atoms with Crippen molar-refractivity contribution in [3.05, 3.63) is 17.8 Å². The van der Waals surface area contributed by atoms with E-state index in [-0.39, 0.29) is 18.1 Å². The average Bonchev–Trinajstić information content (AvgIpc) is 3.01. The summed E-state index contributed by atoms with van der Waals surface area (Å²) in [4.78, 5) is 17.9. The number of aromatic nitrogens is 1. The highest BCUT2D eigenvalue weighted by Gasteiger charge is 2.28. The molecule has 2 heterocycles. The number of benzene rings is 1. The first kappa shape index (κ1) is 17.4. The summed E-state index contributed by atoms with van der Waals surface area (Å²) in [5.74, 6) is 1.53. The molecule has 1 aliphatic heterocycles. The van der Waals surface area contributed by atoms with Crippen molar-refractivity contribution >= 4 is 16.8 Å². The van der Waals surface area contributed by atoms with E-state index in [4.69, 9.17) is 18.9 Å². The number of hydrogen-bond donors (Lipinski definition) is 1. The third-order valence-corrected chi connectivity index (χ3v) is 4.36. The van der Waals surface area contributed by atoms with Crippen molar-refractivity contribution in [3.63, 3.8) is 0 Å². The summed E-state index contributed by atoms with van der Waals surface area (Å²) < 4.78 is 22.0. The molecule has 0 aliphatic carbocycles. The summed E-state index contributed by atoms with van der Waals surface area (Å²) >= 11 is 0. The van der Waals surface area contributed by atoms with Crippen LogP contribution >= 0.6 is 0 Å². The summed E-state index contributed by atoms with van der Waals surface area (Å²) in [5, 5.41) is 0.776. The van der Waals surface area contributed by atoms with Crippen LogP contribution in [0.25, 0.3) is 10.9 Å². The van der Waals surface area contributed by atoms with Crippen molar-refractivity contribution in [2.75, 3.05) is 34.4 Å². The van der Waals surface area contributed by atoms with Crippen LogP contribution in [0.4, 0.5) is 0 Å². The summed E-state index contributed by atoms with van der Waals surface area (Å²) in [6.45, 7) is 5.09. The van der Waals surface area contributed by atoms with Gasteiger partial charge in [0.05, 0.1) is 39.1 Å². The predicted octanol–water partition coefficient (Wildman–Crippen LogP) is 2.44. The molecule has 1 amide bonds. The fourth-order valence-electron chi connectivity index (χ4n) is 3.38. The van der Waals surface area contributed by atoms with Gasteiger partial charge in [-0.25, -0.2) is 0 Å². The molecule has 7 heteroatoms. The predicted molar refractivity (Wildman–Crippen MR) is 93.9 cm³/mol. The van der Waals surface area contributed by atoms with Crippen LogP contribution in [-0.4, -0.2) is 62.4 Å². The minimum atomic E-state index is -0.0572. The number of amides is 1. The fourth-order valence-corrected chi connectivity index (χ4v) is 3.38. The van der Waals surface area contributed by atoms with Crippen molar-refractivity contribution in [2.45, 2.75) is 26.1 Å². The average molecular weight is 348 g/mol. The zero-order valence-electron chi connectivity index (χ0n) is 15.2. The second-order valence-electron chi connectivity index (χ2n) is 6.26. The van der Waals surface area contributed by atoms with Gasteiger partial charge in [0.1, 0.15) is 5.69 Å². The third kappa shape index (κ3) is 3.11. The van der Waals surface area contributed by atoms with Gasteiger partial charge in [0.15, 0.2) is 11.5 Å². The molecule has 0 unspecified atom stereocenters. The van der Waals surface area contributed by atoms with E-state index in [1.165, 1.54) is 0 Å². The van der Waals surface area contributed by atoms with Crippen molar-refractivity contribution in [1.82, 2.24) is 9.88 Å². The number of methoxy groups -OCH3 is 3. The molecule has 1 aliphatic rings. The SMILES string of the molecule is COc1cc2[nH]c(C(=O)N3C[C@@H](C)O[C@@H](C)C3)cc2c(OC)c1OC. The van der Waals surface area contributed by atoms with Crippen LogP contribution in [0.2, 0.25) is 0 Å². The van der Waals surface area contributed by atoms with Gasteiger partial charge < -0.3 is 28.8 Å². The monoisotopic (exact) mass is 348 g/mol. The second-order valence-corrected chi connectivity index (χ2v) is 6.26. The molecule has 0 bridgehead atoms. The van der Waals surface area contributed by atoms with Crippen molar-refractivity contribution < 1.29 is 23.7 Å². The van der Waals surface area contributed by atoms with Gasteiger partial charge in [-0.3, -0.25) is 4.79 Å². The first-order valence-corrected chi connectivity index (χ1v) is 8.24. The first-order chi connectivity index (χ1) is 12.0. The van der Waals surface area contributed by atoms with E-state index < -0.39 is 0 Å². The van der Waals surface area contributed by atoms with E-state index in [1.54, 1.807) is 33.5 Å². The molecule has 25 heavy (non-hydrogen) atoms. The molecule has 7 nitrogen and oxygen atoms in total. The van der Waals surface area contributed by atoms with Gasteiger partial charge in [-0.15, -0.1) is 0 Å². The van der Waals surface area contributed by atoms with Crippen LogP contribution in [0.5, 0.6) is 17.2 Å². The molecule has 2 aromatic rings. The Morgan fingerprint density at radius 1 is 1.08 bits per heavy atom. The lowest BCUT2D eigenvalue weighted by molar-refractivity contribution is -0.0587. The number of ether oxygens (including phenoxy) is 4. The highest BCUT2D eigenvalue weighted by atomic mass is 16.5. The molecule has 3 rings (SSSR count). The normalized spacial score (nSPS) is 20.6. The molecule has 136 valence electrons. The maximum atomic E-state index is 12.9. The Kier molecular flexibility index (Phi) is 4.76. The third-order valence-electron chi connectivity index (χ3n) is 4.36. The number of nitrogens with zero attached hydrogens (tertiary/aromatic N) is 1. The zero-order chi connectivity index (χ0) is 18.1. The van der Waals surface area contributed by atoms with Crippen molar-refractivity contribution in [1.29, 1.82) is 0 Å². The molecule has 0 saturated carbocycles. The molecular weight excluding hydrogens is 324 g/mol. The number of hydrogen-bond acceptors (Lipinski definition) is 5. The highest BCUT2D eigenvalue weighted by Crippen LogP contribution is 2.43. The van der Waals surface area contributed by atoms with E-state index in [9.17, 15) is 4.79 Å². The summed E-state index contributed by atoms with van der Waals surface area (Å²) in [7, 11) is 4.69. The zero-order valence-corrected chi connectivity index (χ0v) is 15.2. The van der Waals surface area contributed by atoms with Gasteiger partial charge in [-0.05, 0) is 19.9 Å².